The number of carbonyl (C=O) groups is 3. The largest absolute Gasteiger partial charge is 0.339 e. The minimum atomic E-state index is -0.425. The summed E-state index contributed by atoms with van der Waals surface area (Å²) in [5.74, 6) is -0.502. The topological polar surface area (TPSA) is 87.0 Å². The quantitative estimate of drug-likeness (QED) is 0.785. The fraction of sp³-hybridized carbons (Fsp3) is 0.438. The highest BCUT2D eigenvalue weighted by atomic mass is 16.2. The van der Waals surface area contributed by atoms with E-state index in [1.165, 1.54) is 4.90 Å². The van der Waals surface area contributed by atoms with E-state index in [1.807, 2.05) is 30.3 Å². The third-order valence-corrected chi connectivity index (χ3v) is 4.47. The molecule has 23 heavy (non-hydrogen) atoms. The number of hydrogen-bond donors (Lipinski definition) is 1. The van der Waals surface area contributed by atoms with E-state index >= 15 is 0 Å². The van der Waals surface area contributed by atoms with Crippen molar-refractivity contribution >= 4 is 17.8 Å². The minimum Gasteiger partial charge on any atom is -0.339 e. The molecule has 7 nitrogen and oxygen atoms in total. The van der Waals surface area contributed by atoms with Gasteiger partial charge in [0.25, 0.3) is 5.91 Å². The Morgan fingerprint density at radius 2 is 1.91 bits per heavy atom. The maximum atomic E-state index is 12.4. The third kappa shape index (κ3) is 2.92. The van der Waals surface area contributed by atoms with Crippen LogP contribution in [0.2, 0.25) is 0 Å². The first kappa shape index (κ1) is 15.5. The number of likely N-dealkylation sites (tertiary alicyclic amines) is 1. The molecular formula is C16H20N4O3. The molecule has 2 aliphatic heterocycles. The molecule has 122 valence electrons. The maximum Gasteiger partial charge on any atom is 0.327 e. The fourth-order valence-electron chi connectivity index (χ4n) is 3.15. The summed E-state index contributed by atoms with van der Waals surface area (Å²) >= 11 is 0. The highest BCUT2D eigenvalue weighted by molar-refractivity contribution is 6.04. The molecule has 0 unspecified atom stereocenters. The van der Waals surface area contributed by atoms with E-state index in [-0.39, 0.29) is 36.9 Å². The first-order chi connectivity index (χ1) is 11.0. The Balaban J connectivity index is 1.65. The van der Waals surface area contributed by atoms with Crippen molar-refractivity contribution in [2.24, 2.45) is 5.73 Å². The van der Waals surface area contributed by atoms with Gasteiger partial charge in [0.05, 0.1) is 0 Å². The van der Waals surface area contributed by atoms with Gasteiger partial charge in [0.1, 0.15) is 13.1 Å². The lowest BCUT2D eigenvalue weighted by Gasteiger charge is -2.20. The molecule has 4 amide bonds. The van der Waals surface area contributed by atoms with Gasteiger partial charge in [-0.1, -0.05) is 30.3 Å². The highest BCUT2D eigenvalue weighted by Gasteiger charge is 2.38. The zero-order valence-corrected chi connectivity index (χ0v) is 13.0. The van der Waals surface area contributed by atoms with Crippen molar-refractivity contribution in [2.45, 2.75) is 12.0 Å². The second kappa shape index (κ2) is 6.00. The van der Waals surface area contributed by atoms with Crippen molar-refractivity contribution in [3.8, 4) is 0 Å². The molecule has 1 aromatic carbocycles. The standard InChI is InChI=1S/C16H20N4O3/c1-18-9-15(22)20(16(18)23)10-14(21)19-7-12(13(17)8-19)11-5-3-2-4-6-11/h2-6,12-13H,7-10,17H2,1H3/t12-,13+/m0/s1. The van der Waals surface area contributed by atoms with E-state index < -0.39 is 6.03 Å². The van der Waals surface area contributed by atoms with Crippen LogP contribution in [0.15, 0.2) is 30.3 Å². The molecule has 0 aliphatic carbocycles. The normalized spacial score (nSPS) is 24.7. The monoisotopic (exact) mass is 316 g/mol. The van der Waals surface area contributed by atoms with E-state index in [1.54, 1.807) is 11.9 Å². The molecule has 7 heteroatoms. The molecular weight excluding hydrogens is 296 g/mol. The van der Waals surface area contributed by atoms with Gasteiger partial charge in [-0.2, -0.15) is 0 Å². The summed E-state index contributed by atoms with van der Waals surface area (Å²) in [6.45, 7) is 0.759. The molecule has 2 fully saturated rings. The summed E-state index contributed by atoms with van der Waals surface area (Å²) in [7, 11) is 1.54. The van der Waals surface area contributed by atoms with Gasteiger partial charge < -0.3 is 15.5 Å². The first-order valence-electron chi connectivity index (χ1n) is 7.61. The molecule has 0 spiro atoms. The number of rotatable bonds is 3. The Morgan fingerprint density at radius 3 is 2.52 bits per heavy atom. The van der Waals surface area contributed by atoms with Gasteiger partial charge in [-0.05, 0) is 5.56 Å². The summed E-state index contributed by atoms with van der Waals surface area (Å²) in [6.07, 6.45) is 0. The molecule has 0 bridgehead atoms. The first-order valence-corrected chi connectivity index (χ1v) is 7.61. The average Bonchev–Trinajstić information content (AvgIpc) is 3.04. The van der Waals surface area contributed by atoms with Crippen LogP contribution < -0.4 is 5.73 Å². The Hall–Kier alpha value is -2.41. The van der Waals surface area contributed by atoms with Crippen LogP contribution in [0.4, 0.5) is 4.79 Å². The summed E-state index contributed by atoms with van der Waals surface area (Å²) < 4.78 is 0. The van der Waals surface area contributed by atoms with Crippen LogP contribution in [0.3, 0.4) is 0 Å². The van der Waals surface area contributed by atoms with Crippen LogP contribution >= 0.6 is 0 Å². The van der Waals surface area contributed by atoms with Gasteiger partial charge in [0.2, 0.25) is 5.91 Å². The number of urea groups is 1. The van der Waals surface area contributed by atoms with Crippen molar-refractivity contribution in [3.05, 3.63) is 35.9 Å². The molecule has 2 atom stereocenters. The van der Waals surface area contributed by atoms with Gasteiger partial charge in [-0.15, -0.1) is 0 Å². The summed E-state index contributed by atoms with van der Waals surface area (Å²) in [4.78, 5) is 40.0. The molecule has 0 aromatic heterocycles. The number of benzene rings is 1. The molecule has 0 radical (unpaired) electrons. The van der Waals surface area contributed by atoms with Crippen molar-refractivity contribution < 1.29 is 14.4 Å². The minimum absolute atomic E-state index is 0.0261. The number of hydrogen-bond acceptors (Lipinski definition) is 4. The molecule has 2 N–H and O–H groups in total. The SMILES string of the molecule is CN1CC(=O)N(CC(=O)N2C[C@@H](N)[C@H](c3ccccc3)C2)C1=O. The van der Waals surface area contributed by atoms with E-state index in [0.717, 1.165) is 10.5 Å². The second-order valence-corrected chi connectivity index (χ2v) is 6.10. The predicted octanol–water partition coefficient (Wildman–Crippen LogP) is -0.166. The molecule has 2 saturated heterocycles. The molecule has 2 heterocycles. The molecule has 0 saturated carbocycles. The van der Waals surface area contributed by atoms with Gasteiger partial charge in [0.15, 0.2) is 0 Å². The fourth-order valence-corrected chi connectivity index (χ4v) is 3.15. The number of likely N-dealkylation sites (N-methyl/N-ethyl adjacent to an activating group) is 1. The van der Waals surface area contributed by atoms with Gasteiger partial charge in [-0.25, -0.2) is 4.79 Å². The highest BCUT2D eigenvalue weighted by Crippen LogP contribution is 2.26. The van der Waals surface area contributed by atoms with Crippen LogP contribution in [0, 0.1) is 0 Å². The Bertz CT molecular complexity index is 633. The number of imide groups is 1. The summed E-state index contributed by atoms with van der Waals surface area (Å²) in [5, 5.41) is 0. The zero-order chi connectivity index (χ0) is 16.6. The number of carbonyl (C=O) groups excluding carboxylic acids is 3. The lowest BCUT2D eigenvalue weighted by atomic mass is 9.95. The van der Waals surface area contributed by atoms with Crippen molar-refractivity contribution in [2.75, 3.05) is 33.2 Å². The van der Waals surface area contributed by atoms with Crippen LogP contribution in [0.25, 0.3) is 0 Å². The van der Waals surface area contributed by atoms with Crippen LogP contribution in [-0.4, -0.2) is 71.8 Å². The lowest BCUT2D eigenvalue weighted by molar-refractivity contribution is -0.135. The smallest absolute Gasteiger partial charge is 0.327 e. The molecule has 3 rings (SSSR count). The van der Waals surface area contributed by atoms with Crippen molar-refractivity contribution in [1.82, 2.24) is 14.7 Å². The van der Waals surface area contributed by atoms with E-state index in [4.69, 9.17) is 5.73 Å². The third-order valence-electron chi connectivity index (χ3n) is 4.47. The van der Waals surface area contributed by atoms with E-state index in [2.05, 4.69) is 0 Å². The summed E-state index contributed by atoms with van der Waals surface area (Å²) in [5.41, 5.74) is 7.27. The van der Waals surface area contributed by atoms with Crippen molar-refractivity contribution in [1.29, 1.82) is 0 Å². The number of amides is 4. The summed E-state index contributed by atoms with van der Waals surface area (Å²) in [6, 6.07) is 9.27. The predicted molar refractivity (Wildman–Crippen MR) is 83.5 cm³/mol. The van der Waals surface area contributed by atoms with Crippen LogP contribution in [0.5, 0.6) is 0 Å². The lowest BCUT2D eigenvalue weighted by Crippen LogP contribution is -2.43. The second-order valence-electron chi connectivity index (χ2n) is 6.10. The van der Waals surface area contributed by atoms with Crippen LogP contribution in [-0.2, 0) is 9.59 Å². The molecule has 1 aromatic rings. The maximum absolute atomic E-state index is 12.4. The Kier molecular flexibility index (Phi) is 4.04. The number of nitrogens with two attached hydrogens (primary N) is 1. The Morgan fingerprint density at radius 1 is 1.22 bits per heavy atom. The van der Waals surface area contributed by atoms with E-state index in [9.17, 15) is 14.4 Å². The number of nitrogens with zero attached hydrogens (tertiary/aromatic N) is 3. The van der Waals surface area contributed by atoms with Gasteiger partial charge in [0, 0.05) is 32.1 Å². The van der Waals surface area contributed by atoms with Crippen LogP contribution in [0.1, 0.15) is 11.5 Å². The van der Waals surface area contributed by atoms with Crippen molar-refractivity contribution in [3.63, 3.8) is 0 Å². The van der Waals surface area contributed by atoms with E-state index in [0.29, 0.717) is 13.1 Å². The zero-order valence-electron chi connectivity index (χ0n) is 13.0. The molecule has 2 aliphatic rings. The van der Waals surface area contributed by atoms with Gasteiger partial charge in [-0.3, -0.25) is 14.5 Å². The Labute approximate surface area is 134 Å². The average molecular weight is 316 g/mol. The van der Waals surface area contributed by atoms with Gasteiger partial charge >= 0.3 is 6.03 Å².